The highest BCUT2D eigenvalue weighted by Gasteiger charge is 1.95. The van der Waals surface area contributed by atoms with E-state index in [2.05, 4.69) is 25.6 Å². The molecule has 16 heavy (non-hydrogen) atoms. The van der Waals surface area contributed by atoms with E-state index in [4.69, 9.17) is 5.73 Å². The lowest BCUT2D eigenvalue weighted by Gasteiger charge is -2.04. The van der Waals surface area contributed by atoms with Gasteiger partial charge in [0, 0.05) is 19.3 Å². The van der Waals surface area contributed by atoms with E-state index in [0.717, 1.165) is 25.3 Å². The predicted molar refractivity (Wildman–Crippen MR) is 59.6 cm³/mol. The zero-order valence-corrected chi connectivity index (χ0v) is 8.74. The van der Waals surface area contributed by atoms with E-state index in [1.165, 1.54) is 6.20 Å². The number of rotatable bonds is 5. The van der Waals surface area contributed by atoms with Gasteiger partial charge in [-0.3, -0.25) is 4.68 Å². The van der Waals surface area contributed by atoms with Crippen molar-refractivity contribution >= 4 is 11.6 Å². The third kappa shape index (κ3) is 2.91. The van der Waals surface area contributed by atoms with Crippen LogP contribution in [-0.2, 0) is 6.54 Å². The summed E-state index contributed by atoms with van der Waals surface area (Å²) < 4.78 is 1.79. The maximum absolute atomic E-state index is 5.43. The molecule has 2 rings (SSSR count). The fourth-order valence-electron chi connectivity index (χ4n) is 1.24. The van der Waals surface area contributed by atoms with Crippen LogP contribution in [0.2, 0.25) is 0 Å². The molecule has 0 spiro atoms. The van der Waals surface area contributed by atoms with E-state index < -0.39 is 0 Å². The van der Waals surface area contributed by atoms with Gasteiger partial charge in [-0.2, -0.15) is 0 Å². The second-order valence-corrected chi connectivity index (χ2v) is 3.27. The number of aromatic nitrogens is 5. The zero-order valence-electron chi connectivity index (χ0n) is 8.74. The van der Waals surface area contributed by atoms with Gasteiger partial charge in [-0.05, 0) is 6.42 Å². The third-order valence-corrected chi connectivity index (χ3v) is 2.01. The van der Waals surface area contributed by atoms with Crippen LogP contribution >= 0.6 is 0 Å². The first kappa shape index (κ1) is 10.3. The van der Waals surface area contributed by atoms with Crippen molar-refractivity contribution in [2.45, 2.75) is 13.0 Å². The molecule has 3 N–H and O–H groups in total. The standard InChI is InChI=1S/C9H13N7/c10-8-6-13-9(7-12-8)11-2-1-4-16-5-3-14-15-16/h3,5-7H,1-2,4H2,(H2,10,12)(H,11,13). The Bertz CT molecular complexity index is 408. The minimum Gasteiger partial charge on any atom is -0.382 e. The number of nitrogens with two attached hydrogens (primary N) is 1. The summed E-state index contributed by atoms with van der Waals surface area (Å²) in [6, 6.07) is 0. The van der Waals surface area contributed by atoms with Crippen LogP contribution in [-0.4, -0.2) is 31.5 Å². The van der Waals surface area contributed by atoms with E-state index in [0.29, 0.717) is 5.82 Å². The van der Waals surface area contributed by atoms with Gasteiger partial charge >= 0.3 is 0 Å². The SMILES string of the molecule is Nc1cnc(NCCCn2ccnn2)cn1. The van der Waals surface area contributed by atoms with Crippen molar-refractivity contribution in [3.05, 3.63) is 24.8 Å². The van der Waals surface area contributed by atoms with Crippen molar-refractivity contribution in [1.82, 2.24) is 25.0 Å². The van der Waals surface area contributed by atoms with Gasteiger partial charge in [0.05, 0.1) is 18.6 Å². The number of aryl methyl sites for hydroxylation is 1. The lowest BCUT2D eigenvalue weighted by atomic mass is 10.4. The average Bonchev–Trinajstić information content (AvgIpc) is 2.80. The molecule has 0 bridgehead atoms. The van der Waals surface area contributed by atoms with Crippen molar-refractivity contribution in [3.8, 4) is 0 Å². The molecular weight excluding hydrogens is 206 g/mol. The number of anilines is 2. The summed E-state index contributed by atoms with van der Waals surface area (Å²) in [4.78, 5) is 8.01. The molecule has 0 aromatic carbocycles. The Morgan fingerprint density at radius 2 is 2.25 bits per heavy atom. The van der Waals surface area contributed by atoms with E-state index >= 15 is 0 Å². The maximum Gasteiger partial charge on any atom is 0.144 e. The maximum atomic E-state index is 5.43. The lowest BCUT2D eigenvalue weighted by Crippen LogP contribution is -2.08. The van der Waals surface area contributed by atoms with Crippen molar-refractivity contribution in [1.29, 1.82) is 0 Å². The molecule has 0 atom stereocenters. The van der Waals surface area contributed by atoms with Gasteiger partial charge in [-0.1, -0.05) is 5.21 Å². The van der Waals surface area contributed by atoms with Crippen LogP contribution in [0.3, 0.4) is 0 Å². The van der Waals surface area contributed by atoms with E-state index in [1.54, 1.807) is 17.1 Å². The summed E-state index contributed by atoms with van der Waals surface area (Å²) in [7, 11) is 0. The van der Waals surface area contributed by atoms with Crippen molar-refractivity contribution < 1.29 is 0 Å². The van der Waals surface area contributed by atoms with Crippen LogP contribution in [0.25, 0.3) is 0 Å². The zero-order chi connectivity index (χ0) is 11.2. The predicted octanol–water partition coefficient (Wildman–Crippen LogP) is 0.152. The Kier molecular flexibility index (Phi) is 3.27. The Balaban J connectivity index is 1.70. The molecule has 0 unspecified atom stereocenters. The Morgan fingerprint density at radius 3 is 2.94 bits per heavy atom. The second-order valence-electron chi connectivity index (χ2n) is 3.27. The van der Waals surface area contributed by atoms with Gasteiger partial charge in [-0.25, -0.2) is 9.97 Å². The van der Waals surface area contributed by atoms with Crippen LogP contribution in [0.1, 0.15) is 6.42 Å². The van der Waals surface area contributed by atoms with Gasteiger partial charge in [0.25, 0.3) is 0 Å². The van der Waals surface area contributed by atoms with Crippen LogP contribution in [0, 0.1) is 0 Å². The molecule has 0 aliphatic carbocycles. The van der Waals surface area contributed by atoms with Crippen LogP contribution in [0.4, 0.5) is 11.6 Å². The van der Waals surface area contributed by atoms with Crippen LogP contribution in [0.15, 0.2) is 24.8 Å². The average molecular weight is 219 g/mol. The van der Waals surface area contributed by atoms with Crippen LogP contribution < -0.4 is 11.1 Å². The smallest absolute Gasteiger partial charge is 0.144 e. The lowest BCUT2D eigenvalue weighted by molar-refractivity contribution is 0.569. The summed E-state index contributed by atoms with van der Waals surface area (Å²) in [6.45, 7) is 1.63. The first-order chi connectivity index (χ1) is 7.84. The number of hydrogen-bond acceptors (Lipinski definition) is 6. The molecule has 0 saturated carbocycles. The Hall–Kier alpha value is -2.18. The molecule has 2 heterocycles. The number of hydrogen-bond donors (Lipinski definition) is 2. The Morgan fingerprint density at radius 1 is 1.31 bits per heavy atom. The second kappa shape index (κ2) is 5.06. The molecule has 0 aliphatic heterocycles. The van der Waals surface area contributed by atoms with Gasteiger partial charge in [0.1, 0.15) is 11.6 Å². The summed E-state index contributed by atoms with van der Waals surface area (Å²) >= 11 is 0. The number of nitrogen functional groups attached to an aromatic ring is 1. The fourth-order valence-corrected chi connectivity index (χ4v) is 1.24. The third-order valence-electron chi connectivity index (χ3n) is 2.01. The van der Waals surface area contributed by atoms with Gasteiger partial charge in [-0.15, -0.1) is 5.10 Å². The molecule has 2 aromatic heterocycles. The quantitative estimate of drug-likeness (QED) is 0.695. The van der Waals surface area contributed by atoms with Crippen molar-refractivity contribution in [3.63, 3.8) is 0 Å². The minimum atomic E-state index is 0.424. The van der Waals surface area contributed by atoms with Gasteiger partial charge in [0.15, 0.2) is 0 Å². The monoisotopic (exact) mass is 219 g/mol. The van der Waals surface area contributed by atoms with Crippen molar-refractivity contribution in [2.24, 2.45) is 0 Å². The molecule has 0 aliphatic rings. The molecular formula is C9H13N7. The van der Waals surface area contributed by atoms with Crippen LogP contribution in [0.5, 0.6) is 0 Å². The first-order valence-electron chi connectivity index (χ1n) is 5.00. The summed E-state index contributed by atoms with van der Waals surface area (Å²) in [6.07, 6.45) is 7.59. The summed E-state index contributed by atoms with van der Waals surface area (Å²) in [5, 5.41) is 10.7. The molecule has 0 amide bonds. The normalized spacial score (nSPS) is 10.2. The molecule has 0 radical (unpaired) electrons. The van der Waals surface area contributed by atoms with E-state index in [1.807, 2.05) is 6.20 Å². The molecule has 2 aromatic rings. The largest absolute Gasteiger partial charge is 0.382 e. The molecule has 84 valence electrons. The minimum absolute atomic E-state index is 0.424. The first-order valence-corrected chi connectivity index (χ1v) is 5.00. The number of nitrogens with zero attached hydrogens (tertiary/aromatic N) is 5. The topological polar surface area (TPSA) is 94.5 Å². The molecule has 0 saturated heterocycles. The van der Waals surface area contributed by atoms with E-state index in [9.17, 15) is 0 Å². The van der Waals surface area contributed by atoms with Gasteiger partial charge < -0.3 is 11.1 Å². The highest BCUT2D eigenvalue weighted by Crippen LogP contribution is 2.01. The highest BCUT2D eigenvalue weighted by atomic mass is 15.4. The molecule has 0 fully saturated rings. The van der Waals surface area contributed by atoms with Crippen molar-refractivity contribution in [2.75, 3.05) is 17.6 Å². The highest BCUT2D eigenvalue weighted by molar-refractivity contribution is 5.35. The fraction of sp³-hybridized carbons (Fsp3) is 0.333. The Labute approximate surface area is 92.7 Å². The summed E-state index contributed by atoms with van der Waals surface area (Å²) in [5.41, 5.74) is 5.43. The number of nitrogens with one attached hydrogen (secondary N) is 1. The summed E-state index contributed by atoms with van der Waals surface area (Å²) in [5.74, 6) is 1.15. The molecule has 7 heteroatoms. The van der Waals surface area contributed by atoms with Gasteiger partial charge in [0.2, 0.25) is 0 Å². The van der Waals surface area contributed by atoms with E-state index in [-0.39, 0.29) is 0 Å². The molecule has 7 nitrogen and oxygen atoms in total.